The summed E-state index contributed by atoms with van der Waals surface area (Å²) in [6.45, 7) is 9.57. The summed E-state index contributed by atoms with van der Waals surface area (Å²) in [7, 11) is 0. The van der Waals surface area contributed by atoms with Crippen molar-refractivity contribution in [3.63, 3.8) is 0 Å². The summed E-state index contributed by atoms with van der Waals surface area (Å²) in [5, 5.41) is 3.17. The molecule has 0 aromatic heterocycles. The molecule has 1 rings (SSSR count). The first-order chi connectivity index (χ1) is 9.78. The summed E-state index contributed by atoms with van der Waals surface area (Å²) in [5.41, 5.74) is -0.267. The van der Waals surface area contributed by atoms with Crippen LogP contribution in [0.25, 0.3) is 0 Å². The lowest BCUT2D eigenvalue weighted by atomic mass is 10.0. The van der Waals surface area contributed by atoms with Gasteiger partial charge in [0.1, 0.15) is 23.7 Å². The SMILES string of the molecule is CCOC(=O)C(C)(COc1ccc(F)cc1C)NC(C)C. The Morgan fingerprint density at radius 2 is 2.10 bits per heavy atom. The zero-order valence-electron chi connectivity index (χ0n) is 13.3. The lowest BCUT2D eigenvalue weighted by Crippen LogP contribution is -2.57. The Hall–Kier alpha value is -1.62. The van der Waals surface area contributed by atoms with Gasteiger partial charge in [0, 0.05) is 6.04 Å². The third-order valence-corrected chi connectivity index (χ3v) is 2.99. The minimum absolute atomic E-state index is 0.0947. The van der Waals surface area contributed by atoms with Crippen molar-refractivity contribution >= 4 is 5.97 Å². The molecule has 1 unspecified atom stereocenters. The van der Waals surface area contributed by atoms with Crippen LogP contribution in [0.3, 0.4) is 0 Å². The number of rotatable bonds is 7. The molecule has 1 N–H and O–H groups in total. The maximum atomic E-state index is 13.1. The molecule has 0 aliphatic heterocycles. The highest BCUT2D eigenvalue weighted by Gasteiger charge is 2.36. The zero-order chi connectivity index (χ0) is 16.0. The number of hydrogen-bond donors (Lipinski definition) is 1. The Bertz CT molecular complexity index is 490. The van der Waals surface area contributed by atoms with Crippen LogP contribution in [0.2, 0.25) is 0 Å². The number of aryl methyl sites for hydroxylation is 1. The number of carbonyl (C=O) groups excluding carboxylic acids is 1. The first-order valence-corrected chi connectivity index (χ1v) is 7.12. The molecule has 0 spiro atoms. The van der Waals surface area contributed by atoms with Crippen molar-refractivity contribution < 1.29 is 18.7 Å². The van der Waals surface area contributed by atoms with Gasteiger partial charge in [-0.1, -0.05) is 0 Å². The van der Waals surface area contributed by atoms with Gasteiger partial charge in [-0.05, 0) is 58.4 Å². The molecule has 5 heteroatoms. The number of halogens is 1. The van der Waals surface area contributed by atoms with Crippen molar-refractivity contribution in [2.75, 3.05) is 13.2 Å². The summed E-state index contributed by atoms with van der Waals surface area (Å²) in [6, 6.07) is 4.38. The Morgan fingerprint density at radius 3 is 2.62 bits per heavy atom. The van der Waals surface area contributed by atoms with Crippen molar-refractivity contribution in [3.8, 4) is 5.75 Å². The molecule has 0 saturated carbocycles. The van der Waals surface area contributed by atoms with Crippen LogP contribution in [0.1, 0.15) is 33.3 Å². The predicted molar refractivity (Wildman–Crippen MR) is 79.9 cm³/mol. The van der Waals surface area contributed by atoms with E-state index in [-0.39, 0.29) is 24.4 Å². The molecule has 0 saturated heterocycles. The van der Waals surface area contributed by atoms with Crippen molar-refractivity contribution in [1.82, 2.24) is 5.32 Å². The normalized spacial score (nSPS) is 13.9. The van der Waals surface area contributed by atoms with Gasteiger partial charge in [-0.2, -0.15) is 0 Å². The minimum Gasteiger partial charge on any atom is -0.491 e. The average Bonchev–Trinajstić information content (AvgIpc) is 2.37. The third kappa shape index (κ3) is 5.01. The van der Waals surface area contributed by atoms with Crippen molar-refractivity contribution in [1.29, 1.82) is 0 Å². The predicted octanol–water partition coefficient (Wildman–Crippen LogP) is 2.83. The largest absolute Gasteiger partial charge is 0.491 e. The second kappa shape index (κ2) is 7.41. The van der Waals surface area contributed by atoms with Crippen molar-refractivity contribution in [2.45, 2.75) is 46.2 Å². The zero-order valence-corrected chi connectivity index (χ0v) is 13.3. The van der Waals surface area contributed by atoms with Gasteiger partial charge in [0.05, 0.1) is 6.61 Å². The van der Waals surface area contributed by atoms with Crippen molar-refractivity contribution in [3.05, 3.63) is 29.6 Å². The fourth-order valence-electron chi connectivity index (χ4n) is 2.08. The third-order valence-electron chi connectivity index (χ3n) is 2.99. The number of ether oxygens (including phenoxy) is 2. The molecule has 0 amide bonds. The highest BCUT2D eigenvalue weighted by Crippen LogP contribution is 2.20. The number of esters is 1. The van der Waals surface area contributed by atoms with E-state index in [1.54, 1.807) is 26.8 Å². The quantitative estimate of drug-likeness (QED) is 0.786. The highest BCUT2D eigenvalue weighted by molar-refractivity contribution is 5.80. The minimum atomic E-state index is -0.953. The van der Waals surface area contributed by atoms with Crippen LogP contribution in [0.15, 0.2) is 18.2 Å². The molecule has 0 bridgehead atoms. The summed E-state index contributed by atoms with van der Waals surface area (Å²) in [6.07, 6.45) is 0. The fraction of sp³-hybridized carbons (Fsp3) is 0.562. The average molecular weight is 297 g/mol. The molecule has 1 atom stereocenters. The van der Waals surface area contributed by atoms with Crippen molar-refractivity contribution in [2.24, 2.45) is 0 Å². The maximum absolute atomic E-state index is 13.1. The van der Waals surface area contributed by atoms with Gasteiger partial charge < -0.3 is 9.47 Å². The van der Waals surface area contributed by atoms with E-state index < -0.39 is 5.54 Å². The van der Waals surface area contributed by atoms with Crippen LogP contribution in [0.5, 0.6) is 5.75 Å². The number of carbonyl (C=O) groups is 1. The van der Waals surface area contributed by atoms with Gasteiger partial charge in [-0.25, -0.2) is 9.18 Å². The summed E-state index contributed by atoms with van der Waals surface area (Å²) < 4.78 is 23.9. The second-order valence-corrected chi connectivity index (χ2v) is 5.55. The van der Waals surface area contributed by atoms with E-state index in [1.165, 1.54) is 12.1 Å². The monoisotopic (exact) mass is 297 g/mol. The second-order valence-electron chi connectivity index (χ2n) is 5.55. The number of hydrogen-bond acceptors (Lipinski definition) is 4. The smallest absolute Gasteiger partial charge is 0.329 e. The van der Waals surface area contributed by atoms with E-state index in [4.69, 9.17) is 9.47 Å². The van der Waals surface area contributed by atoms with Crippen LogP contribution >= 0.6 is 0 Å². The molecule has 21 heavy (non-hydrogen) atoms. The van der Waals surface area contributed by atoms with Crippen LogP contribution in [-0.4, -0.2) is 30.8 Å². The molecule has 0 heterocycles. The van der Waals surface area contributed by atoms with E-state index in [9.17, 15) is 9.18 Å². The Kier molecular flexibility index (Phi) is 6.15. The number of nitrogens with one attached hydrogen (secondary N) is 1. The topological polar surface area (TPSA) is 47.6 Å². The highest BCUT2D eigenvalue weighted by atomic mass is 19.1. The molecule has 0 aliphatic carbocycles. The summed E-state index contributed by atoms with van der Waals surface area (Å²) in [4.78, 5) is 12.1. The van der Waals surface area contributed by atoms with Crippen LogP contribution in [-0.2, 0) is 9.53 Å². The van der Waals surface area contributed by atoms with Crippen LogP contribution in [0, 0.1) is 12.7 Å². The fourth-order valence-corrected chi connectivity index (χ4v) is 2.08. The Balaban J connectivity index is 2.83. The van der Waals surface area contributed by atoms with Gasteiger partial charge >= 0.3 is 5.97 Å². The van der Waals surface area contributed by atoms with Gasteiger partial charge in [-0.3, -0.25) is 5.32 Å². The van der Waals surface area contributed by atoms with Crippen LogP contribution in [0.4, 0.5) is 4.39 Å². The lowest BCUT2D eigenvalue weighted by Gasteiger charge is -2.30. The first-order valence-electron chi connectivity index (χ1n) is 7.12. The maximum Gasteiger partial charge on any atom is 0.329 e. The Morgan fingerprint density at radius 1 is 1.43 bits per heavy atom. The molecular weight excluding hydrogens is 273 g/mol. The molecule has 1 aromatic rings. The van der Waals surface area contributed by atoms with E-state index >= 15 is 0 Å². The number of benzene rings is 1. The molecule has 4 nitrogen and oxygen atoms in total. The van der Waals surface area contributed by atoms with Gasteiger partial charge in [0.2, 0.25) is 0 Å². The van der Waals surface area contributed by atoms with E-state index in [1.807, 2.05) is 13.8 Å². The molecule has 0 radical (unpaired) electrons. The molecule has 118 valence electrons. The van der Waals surface area contributed by atoms with Crippen LogP contribution < -0.4 is 10.1 Å². The van der Waals surface area contributed by atoms with E-state index in [0.717, 1.165) is 0 Å². The first kappa shape index (κ1) is 17.4. The van der Waals surface area contributed by atoms with Gasteiger partial charge in [0.15, 0.2) is 0 Å². The molecular formula is C16H24FNO3. The molecule has 0 fully saturated rings. The van der Waals surface area contributed by atoms with E-state index in [0.29, 0.717) is 17.9 Å². The van der Waals surface area contributed by atoms with E-state index in [2.05, 4.69) is 5.32 Å². The standard InChI is InChI=1S/C16H24FNO3/c1-6-20-15(19)16(5,18-11(2)3)10-21-14-8-7-13(17)9-12(14)4/h7-9,11,18H,6,10H2,1-5H3. The van der Waals surface area contributed by atoms with Gasteiger partial charge in [0.25, 0.3) is 0 Å². The Labute approximate surface area is 125 Å². The summed E-state index contributed by atoms with van der Waals surface area (Å²) in [5.74, 6) is -0.121. The molecule has 0 aliphatic rings. The molecule has 1 aromatic carbocycles. The lowest BCUT2D eigenvalue weighted by molar-refractivity contribution is -0.152. The van der Waals surface area contributed by atoms with Gasteiger partial charge in [-0.15, -0.1) is 0 Å². The summed E-state index contributed by atoms with van der Waals surface area (Å²) >= 11 is 0.